The Morgan fingerprint density at radius 2 is 1.73 bits per heavy atom. The lowest BCUT2D eigenvalue weighted by molar-refractivity contribution is 0.738. The van der Waals surface area contributed by atoms with Crippen molar-refractivity contribution in [3.05, 3.63) is 38.8 Å². The maximum atomic E-state index is 6.14. The van der Waals surface area contributed by atoms with Gasteiger partial charge in [0.15, 0.2) is 0 Å². The molecule has 0 fully saturated rings. The zero-order valence-electron chi connectivity index (χ0n) is 7.99. The van der Waals surface area contributed by atoms with Crippen LogP contribution in [0.1, 0.15) is 12.0 Å². The summed E-state index contributed by atoms with van der Waals surface area (Å²) in [5.74, 6) is 0. The highest BCUT2D eigenvalue weighted by atomic mass is 35.5. The Balaban J connectivity index is 2.47. The van der Waals surface area contributed by atoms with Gasteiger partial charge in [0.25, 0.3) is 0 Å². The molecular weight excluding hydrogens is 252 g/mol. The molecule has 0 bridgehead atoms. The molecule has 1 nitrogen and oxygen atoms in total. The molecule has 1 aliphatic rings. The van der Waals surface area contributed by atoms with E-state index in [1.54, 1.807) is 12.1 Å². The van der Waals surface area contributed by atoms with Crippen LogP contribution >= 0.6 is 34.8 Å². The normalized spacial score (nSPS) is 16.3. The molecule has 2 rings (SSSR count). The number of hydrogen-bond acceptors (Lipinski definition) is 1. The van der Waals surface area contributed by atoms with Crippen molar-refractivity contribution in [1.29, 1.82) is 0 Å². The minimum absolute atomic E-state index is 0.572. The minimum atomic E-state index is 0.572. The second-order valence-corrected chi connectivity index (χ2v) is 4.68. The van der Waals surface area contributed by atoms with Gasteiger partial charge >= 0.3 is 0 Å². The predicted molar refractivity (Wildman–Crippen MR) is 66.9 cm³/mol. The van der Waals surface area contributed by atoms with E-state index in [9.17, 15) is 0 Å². The van der Waals surface area contributed by atoms with Crippen molar-refractivity contribution in [2.24, 2.45) is 0 Å². The molecule has 1 heterocycles. The summed E-state index contributed by atoms with van der Waals surface area (Å²) in [6.07, 6.45) is 3.06. The van der Waals surface area contributed by atoms with Gasteiger partial charge in [0, 0.05) is 17.1 Å². The lowest BCUT2D eigenvalue weighted by Gasteiger charge is -2.16. The van der Waals surface area contributed by atoms with Crippen molar-refractivity contribution in [3.8, 4) is 0 Å². The largest absolute Gasteiger partial charge is 0.313 e. The summed E-state index contributed by atoms with van der Waals surface area (Å²) < 4.78 is 0. The van der Waals surface area contributed by atoms with E-state index < -0.39 is 0 Å². The van der Waals surface area contributed by atoms with Crippen molar-refractivity contribution in [1.82, 2.24) is 5.32 Å². The Morgan fingerprint density at radius 3 is 2.27 bits per heavy atom. The molecular formula is C11H10Cl3N. The van der Waals surface area contributed by atoms with Crippen molar-refractivity contribution < 1.29 is 0 Å². The smallest absolute Gasteiger partial charge is 0.0510 e. The summed E-state index contributed by atoms with van der Waals surface area (Å²) in [6.45, 7) is 1.83. The molecule has 80 valence electrons. The number of nitrogens with one attached hydrogen (secondary N) is 1. The van der Waals surface area contributed by atoms with Gasteiger partial charge in [0.05, 0.1) is 10.0 Å². The van der Waals surface area contributed by atoms with Crippen LogP contribution in [0.4, 0.5) is 0 Å². The summed E-state index contributed by atoms with van der Waals surface area (Å²) in [7, 11) is 0. The molecule has 0 aromatic heterocycles. The molecule has 1 aromatic carbocycles. The molecule has 4 heteroatoms. The van der Waals surface area contributed by atoms with Gasteiger partial charge in [-0.05, 0) is 30.7 Å². The zero-order valence-corrected chi connectivity index (χ0v) is 10.3. The van der Waals surface area contributed by atoms with Gasteiger partial charge in [-0.2, -0.15) is 0 Å². The molecule has 0 spiro atoms. The van der Waals surface area contributed by atoms with E-state index in [-0.39, 0.29) is 0 Å². The third kappa shape index (κ3) is 2.48. The first-order valence-corrected chi connectivity index (χ1v) is 5.86. The fourth-order valence-corrected chi connectivity index (χ4v) is 2.76. The quantitative estimate of drug-likeness (QED) is 0.806. The van der Waals surface area contributed by atoms with E-state index in [1.165, 1.54) is 5.57 Å². The van der Waals surface area contributed by atoms with Crippen LogP contribution in [0.5, 0.6) is 0 Å². The molecule has 0 saturated carbocycles. The Kier molecular flexibility index (Phi) is 3.57. The number of hydrogen-bond donors (Lipinski definition) is 1. The molecule has 15 heavy (non-hydrogen) atoms. The first-order valence-electron chi connectivity index (χ1n) is 4.73. The summed E-state index contributed by atoms with van der Waals surface area (Å²) in [5, 5.41) is 5.07. The summed E-state index contributed by atoms with van der Waals surface area (Å²) in [4.78, 5) is 0. The predicted octanol–water partition coefficient (Wildman–Crippen LogP) is 4.02. The van der Waals surface area contributed by atoms with Crippen molar-refractivity contribution in [3.63, 3.8) is 0 Å². The highest BCUT2D eigenvalue weighted by Gasteiger charge is 2.13. The Bertz CT molecular complexity index is 389. The zero-order chi connectivity index (χ0) is 10.8. The third-order valence-electron chi connectivity index (χ3n) is 2.39. The van der Waals surface area contributed by atoms with Crippen molar-refractivity contribution in [2.75, 3.05) is 13.1 Å². The molecule has 0 atom stereocenters. The standard InChI is InChI=1S/C11H10Cl3N/c12-8-5-9(13)11(10(14)6-8)7-1-3-15-4-2-7/h1,5-6,15H,2-4H2. The van der Waals surface area contributed by atoms with Crippen LogP contribution < -0.4 is 5.32 Å². The van der Waals surface area contributed by atoms with E-state index in [0.717, 1.165) is 25.1 Å². The molecule has 1 aliphatic heterocycles. The van der Waals surface area contributed by atoms with Crippen LogP contribution in [0.25, 0.3) is 5.57 Å². The third-order valence-corrected chi connectivity index (χ3v) is 3.21. The second kappa shape index (κ2) is 4.75. The molecule has 0 unspecified atom stereocenters. The van der Waals surface area contributed by atoms with Crippen LogP contribution in [0, 0.1) is 0 Å². The second-order valence-electron chi connectivity index (χ2n) is 3.43. The van der Waals surface area contributed by atoms with Crippen LogP contribution in [0.2, 0.25) is 15.1 Å². The maximum Gasteiger partial charge on any atom is 0.0510 e. The van der Waals surface area contributed by atoms with Crippen LogP contribution in [0.3, 0.4) is 0 Å². The number of rotatable bonds is 1. The maximum absolute atomic E-state index is 6.14. The average molecular weight is 263 g/mol. The Hall–Kier alpha value is -0.210. The molecule has 1 aromatic rings. The van der Waals surface area contributed by atoms with Gasteiger partial charge in [0.1, 0.15) is 0 Å². The van der Waals surface area contributed by atoms with Gasteiger partial charge in [-0.25, -0.2) is 0 Å². The number of halogens is 3. The highest BCUT2D eigenvalue weighted by molar-refractivity contribution is 6.40. The first kappa shape index (κ1) is 11.3. The molecule has 1 N–H and O–H groups in total. The van der Waals surface area contributed by atoms with E-state index in [0.29, 0.717) is 15.1 Å². The van der Waals surface area contributed by atoms with Crippen LogP contribution in [-0.4, -0.2) is 13.1 Å². The lowest BCUT2D eigenvalue weighted by Crippen LogP contribution is -2.20. The SMILES string of the molecule is Clc1cc(Cl)c(C2=CCNCC2)c(Cl)c1. The van der Waals surface area contributed by atoms with Gasteiger partial charge in [-0.3, -0.25) is 0 Å². The molecule has 0 saturated heterocycles. The van der Waals surface area contributed by atoms with Crippen LogP contribution in [-0.2, 0) is 0 Å². The highest BCUT2D eigenvalue weighted by Crippen LogP contribution is 2.35. The van der Waals surface area contributed by atoms with E-state index in [1.807, 2.05) is 0 Å². The Morgan fingerprint density at radius 1 is 1.07 bits per heavy atom. The first-order chi connectivity index (χ1) is 7.18. The van der Waals surface area contributed by atoms with E-state index in [4.69, 9.17) is 34.8 Å². The van der Waals surface area contributed by atoms with Crippen LogP contribution in [0.15, 0.2) is 18.2 Å². The van der Waals surface area contributed by atoms with Gasteiger partial charge in [-0.1, -0.05) is 40.9 Å². The van der Waals surface area contributed by atoms with Crippen molar-refractivity contribution >= 4 is 40.4 Å². The summed E-state index contributed by atoms with van der Waals surface area (Å²) >= 11 is 18.1. The topological polar surface area (TPSA) is 12.0 Å². The van der Waals surface area contributed by atoms with Gasteiger partial charge in [-0.15, -0.1) is 0 Å². The molecule has 0 aliphatic carbocycles. The van der Waals surface area contributed by atoms with E-state index in [2.05, 4.69) is 11.4 Å². The lowest BCUT2D eigenvalue weighted by atomic mass is 10.0. The fourth-order valence-electron chi connectivity index (χ4n) is 1.70. The van der Waals surface area contributed by atoms with Gasteiger partial charge < -0.3 is 5.32 Å². The monoisotopic (exact) mass is 261 g/mol. The van der Waals surface area contributed by atoms with Crippen molar-refractivity contribution in [2.45, 2.75) is 6.42 Å². The minimum Gasteiger partial charge on any atom is -0.313 e. The summed E-state index contributed by atoms with van der Waals surface area (Å²) in [6, 6.07) is 3.46. The Labute approximate surface area is 104 Å². The van der Waals surface area contributed by atoms with E-state index >= 15 is 0 Å². The molecule has 0 radical (unpaired) electrons. The average Bonchev–Trinajstić information content (AvgIpc) is 2.17. The molecule has 0 amide bonds. The van der Waals surface area contributed by atoms with Gasteiger partial charge in [0.2, 0.25) is 0 Å². The fraction of sp³-hybridized carbons (Fsp3) is 0.273. The summed E-state index contributed by atoms with van der Waals surface area (Å²) in [5.41, 5.74) is 2.12. The number of benzene rings is 1.